The monoisotopic (exact) mass is 328 g/mol. The smallest absolute Gasteiger partial charge is 0.248 e. The summed E-state index contributed by atoms with van der Waals surface area (Å²) in [5.41, 5.74) is 0.581. The molecule has 2 aliphatic rings. The number of ether oxygens (including phenoxy) is 1. The number of hydrogen-bond acceptors (Lipinski definition) is 5. The molecule has 128 valence electrons. The molecule has 0 radical (unpaired) electrons. The summed E-state index contributed by atoms with van der Waals surface area (Å²) >= 11 is 0. The molecule has 1 saturated carbocycles. The number of aromatic nitrogens is 1. The second-order valence-electron chi connectivity index (χ2n) is 6.43. The molecule has 1 amide bonds. The zero-order valence-corrected chi connectivity index (χ0v) is 14.0. The van der Waals surface area contributed by atoms with Gasteiger partial charge in [0, 0.05) is 32.4 Å². The van der Waals surface area contributed by atoms with Gasteiger partial charge in [-0.3, -0.25) is 4.79 Å². The van der Waals surface area contributed by atoms with E-state index in [0.29, 0.717) is 37.6 Å². The van der Waals surface area contributed by atoms with Gasteiger partial charge in [-0.25, -0.2) is 4.98 Å². The zero-order chi connectivity index (χ0) is 16.8. The molecule has 1 aromatic heterocycles. The number of pyridine rings is 1. The second-order valence-corrected chi connectivity index (χ2v) is 6.43. The first kappa shape index (κ1) is 16.7. The van der Waals surface area contributed by atoms with Gasteiger partial charge in [0.25, 0.3) is 0 Å². The molecular weight excluding hydrogens is 304 g/mol. The van der Waals surface area contributed by atoms with E-state index in [1.807, 2.05) is 4.90 Å². The Balaban J connectivity index is 1.47. The van der Waals surface area contributed by atoms with Gasteiger partial charge in [-0.15, -0.1) is 0 Å². The molecule has 1 saturated heterocycles. The van der Waals surface area contributed by atoms with Gasteiger partial charge in [0.2, 0.25) is 5.91 Å². The predicted molar refractivity (Wildman–Crippen MR) is 90.6 cm³/mol. The largest absolute Gasteiger partial charge is 0.368 e. The van der Waals surface area contributed by atoms with Crippen LogP contribution in [0, 0.1) is 11.3 Å². The Morgan fingerprint density at radius 2 is 2.00 bits per heavy atom. The first-order chi connectivity index (χ1) is 11.8. The molecule has 24 heavy (non-hydrogen) atoms. The van der Waals surface area contributed by atoms with Crippen molar-refractivity contribution in [2.24, 2.45) is 0 Å². The van der Waals surface area contributed by atoms with E-state index in [-0.39, 0.29) is 18.6 Å². The van der Waals surface area contributed by atoms with Gasteiger partial charge >= 0.3 is 0 Å². The first-order valence-electron chi connectivity index (χ1n) is 8.77. The molecule has 1 aromatic rings. The quantitative estimate of drug-likeness (QED) is 0.845. The molecule has 0 aromatic carbocycles. The SMILES string of the molecule is N#Cc1cccnc1N1CCN(C(=O)COC2CCCCC2)CC1. The summed E-state index contributed by atoms with van der Waals surface area (Å²) in [5.74, 6) is 0.785. The van der Waals surface area contributed by atoms with Crippen molar-refractivity contribution in [3.63, 3.8) is 0 Å². The molecule has 0 unspecified atom stereocenters. The van der Waals surface area contributed by atoms with Crippen molar-refractivity contribution in [1.29, 1.82) is 5.26 Å². The van der Waals surface area contributed by atoms with Crippen molar-refractivity contribution >= 4 is 11.7 Å². The maximum atomic E-state index is 12.3. The van der Waals surface area contributed by atoms with E-state index in [9.17, 15) is 10.1 Å². The summed E-state index contributed by atoms with van der Waals surface area (Å²) in [7, 11) is 0. The Hall–Kier alpha value is -2.13. The fourth-order valence-corrected chi connectivity index (χ4v) is 3.42. The lowest BCUT2D eigenvalue weighted by atomic mass is 9.98. The molecule has 0 atom stereocenters. The van der Waals surface area contributed by atoms with Gasteiger partial charge in [-0.05, 0) is 25.0 Å². The maximum Gasteiger partial charge on any atom is 0.248 e. The summed E-state index contributed by atoms with van der Waals surface area (Å²) in [6.45, 7) is 2.88. The predicted octanol–water partition coefficient (Wildman–Crippen LogP) is 1.95. The number of anilines is 1. The fourth-order valence-electron chi connectivity index (χ4n) is 3.42. The van der Waals surface area contributed by atoms with Crippen molar-refractivity contribution < 1.29 is 9.53 Å². The van der Waals surface area contributed by atoms with Crippen molar-refractivity contribution in [2.75, 3.05) is 37.7 Å². The van der Waals surface area contributed by atoms with Gasteiger partial charge in [0.1, 0.15) is 18.5 Å². The van der Waals surface area contributed by atoms with Gasteiger partial charge < -0.3 is 14.5 Å². The number of carbonyl (C=O) groups is 1. The van der Waals surface area contributed by atoms with Crippen LogP contribution >= 0.6 is 0 Å². The average Bonchev–Trinajstić information content (AvgIpc) is 2.67. The third kappa shape index (κ3) is 4.04. The van der Waals surface area contributed by atoms with Gasteiger partial charge in [-0.1, -0.05) is 19.3 Å². The van der Waals surface area contributed by atoms with Crippen LogP contribution in [0.2, 0.25) is 0 Å². The highest BCUT2D eigenvalue weighted by Crippen LogP contribution is 2.21. The molecule has 0 bridgehead atoms. The third-order valence-electron chi connectivity index (χ3n) is 4.83. The number of amides is 1. The highest BCUT2D eigenvalue weighted by molar-refractivity contribution is 5.77. The summed E-state index contributed by atoms with van der Waals surface area (Å²) in [5, 5.41) is 9.19. The van der Waals surface area contributed by atoms with E-state index in [2.05, 4.69) is 16.0 Å². The molecule has 0 spiro atoms. The topological polar surface area (TPSA) is 69.5 Å². The van der Waals surface area contributed by atoms with Crippen LogP contribution in [-0.2, 0) is 9.53 Å². The van der Waals surface area contributed by atoms with Crippen molar-refractivity contribution in [1.82, 2.24) is 9.88 Å². The molecule has 2 heterocycles. The normalized spacial score (nSPS) is 19.1. The van der Waals surface area contributed by atoms with Crippen LogP contribution < -0.4 is 4.90 Å². The van der Waals surface area contributed by atoms with Crippen LogP contribution in [0.5, 0.6) is 0 Å². The van der Waals surface area contributed by atoms with E-state index < -0.39 is 0 Å². The van der Waals surface area contributed by atoms with Crippen LogP contribution in [0.15, 0.2) is 18.3 Å². The number of nitriles is 1. The zero-order valence-electron chi connectivity index (χ0n) is 14.0. The maximum absolute atomic E-state index is 12.3. The number of hydrogen-bond donors (Lipinski definition) is 0. The number of rotatable bonds is 4. The standard InChI is InChI=1S/C18H24N4O2/c19-13-15-5-4-8-20-18(15)22-11-9-21(10-12-22)17(23)14-24-16-6-2-1-3-7-16/h4-5,8,16H,1-3,6-7,9-12,14H2. The van der Waals surface area contributed by atoms with E-state index >= 15 is 0 Å². The molecule has 6 heteroatoms. The molecule has 3 rings (SSSR count). The third-order valence-corrected chi connectivity index (χ3v) is 4.83. The summed E-state index contributed by atoms with van der Waals surface area (Å²) in [4.78, 5) is 20.6. The van der Waals surface area contributed by atoms with Gasteiger partial charge in [-0.2, -0.15) is 5.26 Å². The minimum Gasteiger partial charge on any atom is -0.368 e. The molecular formula is C18H24N4O2. The molecule has 1 aliphatic carbocycles. The minimum atomic E-state index is 0.0711. The molecule has 0 N–H and O–H groups in total. The number of nitrogens with zero attached hydrogens (tertiary/aromatic N) is 4. The van der Waals surface area contributed by atoms with Crippen LogP contribution in [0.3, 0.4) is 0 Å². The highest BCUT2D eigenvalue weighted by atomic mass is 16.5. The van der Waals surface area contributed by atoms with Crippen molar-refractivity contribution in [3.8, 4) is 6.07 Å². The summed E-state index contributed by atoms with van der Waals surface area (Å²) in [6.07, 6.45) is 7.83. The van der Waals surface area contributed by atoms with E-state index in [0.717, 1.165) is 12.8 Å². The lowest BCUT2D eigenvalue weighted by molar-refractivity contribution is -0.139. The Labute approximate surface area is 143 Å². The fraction of sp³-hybridized carbons (Fsp3) is 0.611. The lowest BCUT2D eigenvalue weighted by Gasteiger charge is -2.36. The van der Waals surface area contributed by atoms with E-state index in [1.54, 1.807) is 18.3 Å². The van der Waals surface area contributed by atoms with Gasteiger partial charge in [0.15, 0.2) is 0 Å². The Kier molecular flexibility index (Phi) is 5.65. The molecule has 6 nitrogen and oxygen atoms in total. The minimum absolute atomic E-state index is 0.0711. The number of piperazine rings is 1. The summed E-state index contributed by atoms with van der Waals surface area (Å²) < 4.78 is 5.79. The van der Waals surface area contributed by atoms with Gasteiger partial charge in [0.05, 0.1) is 11.7 Å². The van der Waals surface area contributed by atoms with Crippen LogP contribution in [0.25, 0.3) is 0 Å². The van der Waals surface area contributed by atoms with Crippen LogP contribution in [-0.4, -0.2) is 54.7 Å². The Bertz CT molecular complexity index is 599. The average molecular weight is 328 g/mol. The second kappa shape index (κ2) is 8.11. The van der Waals surface area contributed by atoms with Crippen molar-refractivity contribution in [3.05, 3.63) is 23.9 Å². The van der Waals surface area contributed by atoms with E-state index in [1.165, 1.54) is 19.3 Å². The van der Waals surface area contributed by atoms with Crippen molar-refractivity contribution in [2.45, 2.75) is 38.2 Å². The van der Waals surface area contributed by atoms with Crippen LogP contribution in [0.1, 0.15) is 37.7 Å². The highest BCUT2D eigenvalue weighted by Gasteiger charge is 2.24. The van der Waals surface area contributed by atoms with Crippen LogP contribution in [0.4, 0.5) is 5.82 Å². The summed E-state index contributed by atoms with van der Waals surface area (Å²) in [6, 6.07) is 5.72. The van der Waals surface area contributed by atoms with E-state index in [4.69, 9.17) is 4.74 Å². The Morgan fingerprint density at radius 3 is 2.71 bits per heavy atom. The first-order valence-corrected chi connectivity index (χ1v) is 8.77. The molecule has 1 aliphatic heterocycles. The Morgan fingerprint density at radius 1 is 1.25 bits per heavy atom. The lowest BCUT2D eigenvalue weighted by Crippen LogP contribution is -2.50. The number of carbonyl (C=O) groups excluding carboxylic acids is 1. The molecule has 2 fully saturated rings.